The zero-order valence-electron chi connectivity index (χ0n) is 9.60. The number of ether oxygens (including phenoxy) is 2. The van der Waals surface area contributed by atoms with Gasteiger partial charge in [0.2, 0.25) is 0 Å². The molecule has 16 heavy (non-hydrogen) atoms. The second-order valence-electron chi connectivity index (χ2n) is 3.40. The second-order valence-corrected chi connectivity index (χ2v) is 3.40. The number of carbonyl (C=O) groups is 1. The van der Waals surface area contributed by atoms with Gasteiger partial charge in [-0.1, -0.05) is 6.92 Å². The third-order valence-electron chi connectivity index (χ3n) is 2.30. The van der Waals surface area contributed by atoms with Crippen LogP contribution in [0.15, 0.2) is 24.3 Å². The number of methoxy groups -OCH3 is 1. The van der Waals surface area contributed by atoms with Crippen LogP contribution in [0.25, 0.3) is 0 Å². The molecular formula is C12H17NO3. The summed E-state index contributed by atoms with van der Waals surface area (Å²) in [5, 5.41) is 0. The highest BCUT2D eigenvalue weighted by atomic mass is 16.5. The lowest BCUT2D eigenvalue weighted by Gasteiger charge is -2.15. The molecule has 0 aliphatic carbocycles. The minimum Gasteiger partial charge on any atom is -0.489 e. The normalized spacial score (nSPS) is 11.9. The maximum atomic E-state index is 11.2. The Labute approximate surface area is 95.3 Å². The zero-order chi connectivity index (χ0) is 12.0. The summed E-state index contributed by atoms with van der Waals surface area (Å²) in [6.07, 6.45) is 0.874. The van der Waals surface area contributed by atoms with E-state index in [2.05, 4.69) is 4.74 Å². The predicted molar refractivity (Wildman–Crippen MR) is 61.5 cm³/mol. The lowest BCUT2D eigenvalue weighted by Crippen LogP contribution is -2.25. The Morgan fingerprint density at radius 1 is 1.38 bits per heavy atom. The van der Waals surface area contributed by atoms with Gasteiger partial charge in [0.05, 0.1) is 12.7 Å². The molecule has 0 aromatic heterocycles. The van der Waals surface area contributed by atoms with Crippen molar-refractivity contribution in [2.75, 3.05) is 13.7 Å². The SMILES string of the molecule is CCC(CN)Oc1ccc(C(=O)OC)cc1. The van der Waals surface area contributed by atoms with Gasteiger partial charge in [-0.05, 0) is 30.7 Å². The topological polar surface area (TPSA) is 61.5 Å². The van der Waals surface area contributed by atoms with Gasteiger partial charge < -0.3 is 15.2 Å². The van der Waals surface area contributed by atoms with Crippen molar-refractivity contribution in [1.29, 1.82) is 0 Å². The summed E-state index contributed by atoms with van der Waals surface area (Å²) in [5.74, 6) is 0.363. The zero-order valence-corrected chi connectivity index (χ0v) is 9.60. The fraction of sp³-hybridized carbons (Fsp3) is 0.417. The van der Waals surface area contributed by atoms with Crippen LogP contribution in [0.4, 0.5) is 0 Å². The van der Waals surface area contributed by atoms with Gasteiger partial charge in [0, 0.05) is 6.54 Å². The Morgan fingerprint density at radius 3 is 2.44 bits per heavy atom. The first-order chi connectivity index (χ1) is 7.71. The summed E-state index contributed by atoms with van der Waals surface area (Å²) in [4.78, 5) is 11.2. The lowest BCUT2D eigenvalue weighted by atomic mass is 10.2. The van der Waals surface area contributed by atoms with Crippen LogP contribution in [-0.2, 0) is 4.74 Å². The van der Waals surface area contributed by atoms with Crippen LogP contribution >= 0.6 is 0 Å². The van der Waals surface area contributed by atoms with E-state index < -0.39 is 0 Å². The first-order valence-electron chi connectivity index (χ1n) is 5.26. The summed E-state index contributed by atoms with van der Waals surface area (Å²) in [6.45, 7) is 2.50. The molecule has 0 amide bonds. The Bertz CT molecular complexity index is 331. The summed E-state index contributed by atoms with van der Waals surface area (Å²) < 4.78 is 10.2. The number of benzene rings is 1. The van der Waals surface area contributed by atoms with Crippen molar-refractivity contribution in [3.63, 3.8) is 0 Å². The first kappa shape index (κ1) is 12.5. The van der Waals surface area contributed by atoms with Crippen molar-refractivity contribution in [2.45, 2.75) is 19.4 Å². The molecule has 0 saturated heterocycles. The van der Waals surface area contributed by atoms with Crippen LogP contribution < -0.4 is 10.5 Å². The summed E-state index contributed by atoms with van der Waals surface area (Å²) in [7, 11) is 1.36. The van der Waals surface area contributed by atoms with Crippen LogP contribution in [0.5, 0.6) is 5.75 Å². The quantitative estimate of drug-likeness (QED) is 0.770. The third-order valence-corrected chi connectivity index (χ3v) is 2.30. The molecule has 0 bridgehead atoms. The lowest BCUT2D eigenvalue weighted by molar-refractivity contribution is 0.0600. The van der Waals surface area contributed by atoms with Crippen molar-refractivity contribution in [1.82, 2.24) is 0 Å². The minimum absolute atomic E-state index is 0.0176. The molecule has 0 radical (unpaired) electrons. The Kier molecular flexibility index (Phi) is 4.79. The van der Waals surface area contributed by atoms with E-state index in [1.54, 1.807) is 24.3 Å². The van der Waals surface area contributed by atoms with Crippen LogP contribution in [-0.4, -0.2) is 25.7 Å². The van der Waals surface area contributed by atoms with Crippen LogP contribution in [0.2, 0.25) is 0 Å². The maximum absolute atomic E-state index is 11.2. The summed E-state index contributed by atoms with van der Waals surface area (Å²) in [5.41, 5.74) is 6.04. The summed E-state index contributed by atoms with van der Waals surface area (Å²) >= 11 is 0. The average molecular weight is 223 g/mol. The summed E-state index contributed by atoms with van der Waals surface area (Å²) in [6, 6.07) is 6.82. The molecule has 0 aliphatic rings. The van der Waals surface area contributed by atoms with Crippen LogP contribution in [0, 0.1) is 0 Å². The molecule has 4 heteroatoms. The van der Waals surface area contributed by atoms with E-state index >= 15 is 0 Å². The smallest absolute Gasteiger partial charge is 0.337 e. The predicted octanol–water partition coefficient (Wildman–Crippen LogP) is 1.59. The van der Waals surface area contributed by atoms with Crippen molar-refractivity contribution in [3.05, 3.63) is 29.8 Å². The molecular weight excluding hydrogens is 206 g/mol. The molecule has 1 atom stereocenters. The van der Waals surface area contributed by atoms with Gasteiger partial charge >= 0.3 is 5.97 Å². The Balaban J connectivity index is 2.67. The van der Waals surface area contributed by atoms with E-state index in [-0.39, 0.29) is 12.1 Å². The molecule has 1 aromatic carbocycles. The number of esters is 1. The molecule has 1 unspecified atom stereocenters. The Hall–Kier alpha value is -1.55. The van der Waals surface area contributed by atoms with Gasteiger partial charge in [0.1, 0.15) is 11.9 Å². The highest BCUT2D eigenvalue weighted by molar-refractivity contribution is 5.89. The fourth-order valence-corrected chi connectivity index (χ4v) is 1.28. The Morgan fingerprint density at radius 2 is 2.00 bits per heavy atom. The monoisotopic (exact) mass is 223 g/mol. The number of nitrogens with two attached hydrogens (primary N) is 1. The standard InChI is InChI=1S/C12H17NO3/c1-3-10(8-13)16-11-6-4-9(5-7-11)12(14)15-2/h4-7,10H,3,8,13H2,1-2H3. The largest absolute Gasteiger partial charge is 0.489 e. The number of carbonyl (C=O) groups excluding carboxylic acids is 1. The second kappa shape index (κ2) is 6.12. The molecule has 0 saturated carbocycles. The molecule has 88 valence electrons. The molecule has 0 heterocycles. The highest BCUT2D eigenvalue weighted by Crippen LogP contribution is 2.15. The number of hydrogen-bond acceptors (Lipinski definition) is 4. The number of hydrogen-bond donors (Lipinski definition) is 1. The van der Waals surface area contributed by atoms with Gasteiger partial charge in [-0.2, -0.15) is 0 Å². The first-order valence-corrected chi connectivity index (χ1v) is 5.26. The van der Waals surface area contributed by atoms with Gasteiger partial charge in [0.25, 0.3) is 0 Å². The van der Waals surface area contributed by atoms with Crippen molar-refractivity contribution in [2.24, 2.45) is 5.73 Å². The van der Waals surface area contributed by atoms with E-state index in [4.69, 9.17) is 10.5 Å². The van der Waals surface area contributed by atoms with E-state index in [0.29, 0.717) is 17.9 Å². The van der Waals surface area contributed by atoms with Gasteiger partial charge in [-0.25, -0.2) is 4.79 Å². The average Bonchev–Trinajstić information content (AvgIpc) is 2.35. The molecule has 0 spiro atoms. The van der Waals surface area contributed by atoms with Crippen molar-refractivity contribution >= 4 is 5.97 Å². The number of rotatable bonds is 5. The van der Waals surface area contributed by atoms with Crippen molar-refractivity contribution < 1.29 is 14.3 Å². The van der Waals surface area contributed by atoms with Gasteiger partial charge in [0.15, 0.2) is 0 Å². The fourth-order valence-electron chi connectivity index (χ4n) is 1.28. The van der Waals surface area contributed by atoms with Crippen LogP contribution in [0.1, 0.15) is 23.7 Å². The minimum atomic E-state index is -0.350. The van der Waals surface area contributed by atoms with E-state index in [9.17, 15) is 4.79 Å². The molecule has 0 aliphatic heterocycles. The molecule has 1 rings (SSSR count). The van der Waals surface area contributed by atoms with Gasteiger partial charge in [-0.3, -0.25) is 0 Å². The van der Waals surface area contributed by atoms with Crippen molar-refractivity contribution in [3.8, 4) is 5.75 Å². The van der Waals surface area contributed by atoms with Gasteiger partial charge in [-0.15, -0.1) is 0 Å². The molecule has 4 nitrogen and oxygen atoms in total. The molecule has 1 aromatic rings. The van der Waals surface area contributed by atoms with Crippen LogP contribution in [0.3, 0.4) is 0 Å². The molecule has 2 N–H and O–H groups in total. The third kappa shape index (κ3) is 3.24. The maximum Gasteiger partial charge on any atom is 0.337 e. The highest BCUT2D eigenvalue weighted by Gasteiger charge is 2.07. The van der Waals surface area contributed by atoms with E-state index in [1.165, 1.54) is 7.11 Å². The van der Waals surface area contributed by atoms with E-state index in [1.807, 2.05) is 6.92 Å². The van der Waals surface area contributed by atoms with E-state index in [0.717, 1.165) is 6.42 Å². The molecule has 0 fully saturated rings.